The molecule has 0 aliphatic carbocycles. The highest BCUT2D eigenvalue weighted by molar-refractivity contribution is 6.38. The van der Waals surface area contributed by atoms with Gasteiger partial charge in [-0.25, -0.2) is 4.79 Å². The first-order chi connectivity index (χ1) is 12.6. The van der Waals surface area contributed by atoms with E-state index in [2.05, 4.69) is 12.0 Å². The standard InChI is InChI=1S/C20H27N3O3/c1-3-26-20(25)17-14-18(23(21-17)16-9-5-4-6-10-16)19(24)22-12-7-8-15(2)11-13-22/h4-6,9-10,15,18H,3,7-8,11-14H2,1-2H3. The molecule has 2 atom stereocenters. The van der Waals surface area contributed by atoms with Gasteiger partial charge in [0.05, 0.1) is 12.3 Å². The lowest BCUT2D eigenvalue weighted by Crippen LogP contribution is -2.45. The largest absolute Gasteiger partial charge is 0.461 e. The maximum Gasteiger partial charge on any atom is 0.354 e. The van der Waals surface area contributed by atoms with E-state index >= 15 is 0 Å². The highest BCUT2D eigenvalue weighted by atomic mass is 16.5. The first-order valence-electron chi connectivity index (χ1n) is 9.47. The first kappa shape index (κ1) is 18.4. The van der Waals surface area contributed by atoms with Gasteiger partial charge in [-0.1, -0.05) is 25.1 Å². The number of hydrogen-bond donors (Lipinski definition) is 0. The molecule has 140 valence electrons. The lowest BCUT2D eigenvalue weighted by Gasteiger charge is -2.29. The molecule has 2 aliphatic heterocycles. The van der Waals surface area contributed by atoms with Crippen molar-refractivity contribution in [3.8, 4) is 0 Å². The minimum absolute atomic E-state index is 0.0472. The predicted molar refractivity (Wildman–Crippen MR) is 101 cm³/mol. The molecule has 0 aromatic heterocycles. The number of carbonyl (C=O) groups excluding carboxylic acids is 2. The van der Waals surface area contributed by atoms with Gasteiger partial charge in [0.25, 0.3) is 0 Å². The van der Waals surface area contributed by atoms with E-state index in [0.29, 0.717) is 24.7 Å². The fourth-order valence-electron chi connectivity index (χ4n) is 3.55. The Morgan fingerprint density at radius 2 is 1.96 bits per heavy atom. The number of ether oxygens (including phenoxy) is 1. The van der Waals surface area contributed by atoms with Gasteiger partial charge in [-0.05, 0) is 44.2 Å². The van der Waals surface area contributed by atoms with Gasteiger partial charge in [-0.3, -0.25) is 9.80 Å². The molecule has 0 spiro atoms. The molecule has 0 N–H and O–H groups in total. The van der Waals surface area contributed by atoms with Crippen LogP contribution in [-0.2, 0) is 14.3 Å². The lowest BCUT2D eigenvalue weighted by atomic mass is 10.0. The lowest BCUT2D eigenvalue weighted by molar-refractivity contribution is -0.135. The van der Waals surface area contributed by atoms with Crippen LogP contribution in [0.5, 0.6) is 0 Å². The molecule has 1 fully saturated rings. The molecular formula is C20H27N3O3. The summed E-state index contributed by atoms with van der Waals surface area (Å²) in [6.07, 6.45) is 3.49. The number of nitrogens with zero attached hydrogens (tertiary/aromatic N) is 3. The third-order valence-corrected chi connectivity index (χ3v) is 5.06. The molecule has 3 rings (SSSR count). The zero-order valence-electron chi connectivity index (χ0n) is 15.6. The molecule has 2 aliphatic rings. The predicted octanol–water partition coefficient (Wildman–Crippen LogP) is 2.83. The van der Waals surface area contributed by atoms with Crippen LogP contribution in [0, 0.1) is 5.92 Å². The van der Waals surface area contributed by atoms with E-state index < -0.39 is 12.0 Å². The Hall–Kier alpha value is -2.37. The van der Waals surface area contributed by atoms with E-state index in [1.807, 2.05) is 35.2 Å². The summed E-state index contributed by atoms with van der Waals surface area (Å²) in [7, 11) is 0. The molecule has 1 saturated heterocycles. The quantitative estimate of drug-likeness (QED) is 0.778. The van der Waals surface area contributed by atoms with Crippen molar-refractivity contribution in [2.45, 2.75) is 45.6 Å². The van der Waals surface area contributed by atoms with Crippen LogP contribution in [0.4, 0.5) is 5.69 Å². The number of carbonyl (C=O) groups is 2. The Balaban J connectivity index is 1.82. The third-order valence-electron chi connectivity index (χ3n) is 5.06. The molecule has 0 saturated carbocycles. The van der Waals surface area contributed by atoms with E-state index in [-0.39, 0.29) is 5.91 Å². The average molecular weight is 357 g/mol. The highest BCUT2D eigenvalue weighted by Gasteiger charge is 2.39. The number of para-hydroxylation sites is 1. The smallest absolute Gasteiger partial charge is 0.354 e. The van der Waals surface area contributed by atoms with Gasteiger partial charge >= 0.3 is 5.97 Å². The van der Waals surface area contributed by atoms with Crippen molar-refractivity contribution >= 4 is 23.3 Å². The number of rotatable bonds is 4. The Morgan fingerprint density at radius 3 is 2.69 bits per heavy atom. The number of hydrogen-bond acceptors (Lipinski definition) is 5. The van der Waals surface area contributed by atoms with Gasteiger partial charge in [0.1, 0.15) is 11.8 Å². The summed E-state index contributed by atoms with van der Waals surface area (Å²) in [5.74, 6) is 0.257. The Bertz CT molecular complexity index is 674. The van der Waals surface area contributed by atoms with Crippen molar-refractivity contribution in [1.29, 1.82) is 0 Å². The molecular weight excluding hydrogens is 330 g/mol. The summed E-state index contributed by atoms with van der Waals surface area (Å²) in [5.41, 5.74) is 1.13. The fourth-order valence-corrected chi connectivity index (χ4v) is 3.55. The Labute approximate surface area is 154 Å². The molecule has 6 heteroatoms. The van der Waals surface area contributed by atoms with Crippen LogP contribution >= 0.6 is 0 Å². The van der Waals surface area contributed by atoms with Crippen LogP contribution in [0.15, 0.2) is 35.4 Å². The van der Waals surface area contributed by atoms with Gasteiger partial charge in [-0.2, -0.15) is 5.10 Å². The van der Waals surface area contributed by atoms with E-state index in [4.69, 9.17) is 4.74 Å². The Kier molecular flexibility index (Phi) is 5.91. The number of anilines is 1. The minimum Gasteiger partial charge on any atom is -0.461 e. The number of amides is 1. The number of hydrazone groups is 1. The van der Waals surface area contributed by atoms with Crippen molar-refractivity contribution in [1.82, 2.24) is 4.90 Å². The van der Waals surface area contributed by atoms with E-state index in [0.717, 1.165) is 38.0 Å². The molecule has 1 aromatic carbocycles. The van der Waals surface area contributed by atoms with Crippen molar-refractivity contribution in [3.63, 3.8) is 0 Å². The second kappa shape index (κ2) is 8.34. The maximum absolute atomic E-state index is 13.2. The van der Waals surface area contributed by atoms with Gasteiger partial charge in [0.15, 0.2) is 0 Å². The number of benzene rings is 1. The zero-order valence-corrected chi connectivity index (χ0v) is 15.6. The van der Waals surface area contributed by atoms with Gasteiger partial charge in [0, 0.05) is 19.5 Å². The minimum atomic E-state index is -0.481. The van der Waals surface area contributed by atoms with Crippen LogP contribution in [0.1, 0.15) is 39.5 Å². The van der Waals surface area contributed by atoms with Gasteiger partial charge < -0.3 is 9.64 Å². The summed E-state index contributed by atoms with van der Waals surface area (Å²) in [4.78, 5) is 27.3. The van der Waals surface area contributed by atoms with Crippen LogP contribution in [-0.4, -0.2) is 48.2 Å². The van der Waals surface area contributed by atoms with Crippen LogP contribution in [0.2, 0.25) is 0 Å². The molecule has 1 amide bonds. The second-order valence-corrected chi connectivity index (χ2v) is 7.03. The summed E-state index contributed by atoms with van der Waals surface area (Å²) < 4.78 is 5.10. The van der Waals surface area contributed by atoms with Gasteiger partial charge in [0.2, 0.25) is 5.91 Å². The molecule has 2 unspecified atom stereocenters. The van der Waals surface area contributed by atoms with E-state index in [1.165, 1.54) is 0 Å². The van der Waals surface area contributed by atoms with Gasteiger partial charge in [-0.15, -0.1) is 0 Å². The van der Waals surface area contributed by atoms with Crippen molar-refractivity contribution in [2.75, 3.05) is 24.7 Å². The molecule has 26 heavy (non-hydrogen) atoms. The maximum atomic E-state index is 13.2. The number of esters is 1. The monoisotopic (exact) mass is 357 g/mol. The van der Waals surface area contributed by atoms with Crippen molar-refractivity contribution in [3.05, 3.63) is 30.3 Å². The summed E-state index contributed by atoms with van der Waals surface area (Å²) in [5, 5.41) is 6.12. The van der Waals surface area contributed by atoms with Crippen molar-refractivity contribution < 1.29 is 14.3 Å². The zero-order chi connectivity index (χ0) is 18.5. The van der Waals surface area contributed by atoms with Crippen molar-refractivity contribution in [2.24, 2.45) is 11.0 Å². The molecule has 0 bridgehead atoms. The molecule has 1 aromatic rings. The molecule has 2 heterocycles. The summed E-state index contributed by atoms with van der Waals surface area (Å²) >= 11 is 0. The van der Waals surface area contributed by atoms with Crippen LogP contribution in [0.3, 0.4) is 0 Å². The third kappa shape index (κ3) is 4.06. The van der Waals surface area contributed by atoms with Crippen LogP contribution in [0.25, 0.3) is 0 Å². The fraction of sp³-hybridized carbons (Fsp3) is 0.550. The summed E-state index contributed by atoms with van der Waals surface area (Å²) in [6.45, 7) is 5.85. The topological polar surface area (TPSA) is 62.2 Å². The second-order valence-electron chi connectivity index (χ2n) is 7.03. The first-order valence-corrected chi connectivity index (χ1v) is 9.47. The number of likely N-dealkylation sites (tertiary alicyclic amines) is 1. The average Bonchev–Trinajstić information content (AvgIpc) is 2.99. The summed E-state index contributed by atoms with van der Waals surface area (Å²) in [6, 6.07) is 9.06. The van der Waals surface area contributed by atoms with E-state index in [1.54, 1.807) is 11.9 Å². The Morgan fingerprint density at radius 1 is 1.19 bits per heavy atom. The molecule has 6 nitrogen and oxygen atoms in total. The molecule has 0 radical (unpaired) electrons. The highest BCUT2D eigenvalue weighted by Crippen LogP contribution is 2.27. The normalized spacial score (nSPS) is 23.4. The van der Waals surface area contributed by atoms with E-state index in [9.17, 15) is 9.59 Å². The van der Waals surface area contributed by atoms with Crippen LogP contribution < -0.4 is 5.01 Å². The SMILES string of the molecule is CCOC(=O)C1=NN(c2ccccc2)C(C(=O)N2CCCC(C)CC2)C1.